The van der Waals surface area contributed by atoms with E-state index in [1.165, 1.54) is 315 Å². The topological polar surface area (TPSA) is 95.9 Å². The summed E-state index contributed by atoms with van der Waals surface area (Å²) in [7, 11) is 0. The quantitative estimate of drug-likeness (QED) is 0.0320. The molecule has 6 heteroatoms. The summed E-state index contributed by atoms with van der Waals surface area (Å²) in [6.45, 7) is 4.98. The molecule has 0 saturated heterocycles. The molecule has 0 saturated carbocycles. The summed E-state index contributed by atoms with van der Waals surface area (Å²) >= 11 is 0. The van der Waals surface area contributed by atoms with E-state index in [4.69, 9.17) is 4.74 Å². The number of rotatable bonds is 66. The fourth-order valence-corrected chi connectivity index (χ4v) is 11.1. The molecule has 2 atom stereocenters. The van der Waals surface area contributed by atoms with E-state index < -0.39 is 12.1 Å². The van der Waals surface area contributed by atoms with Crippen LogP contribution in [0.1, 0.15) is 393 Å². The van der Waals surface area contributed by atoms with Crippen molar-refractivity contribution < 1.29 is 24.5 Å². The van der Waals surface area contributed by atoms with Gasteiger partial charge in [-0.15, -0.1) is 0 Å². The van der Waals surface area contributed by atoms with Crippen molar-refractivity contribution in [2.45, 2.75) is 405 Å². The molecule has 0 aliphatic heterocycles. The molecule has 0 heterocycles. The SMILES string of the molecule is CCCCCCCCC/C=C\CCCCCCCCCC(=O)OCCCCCCCCCCCCCC/C=C\CCCCCCCCCCCCCC(=O)NC(CO)C(O)CCCCCCCCCCCCCCCCC. The maximum atomic E-state index is 12.5. The molecule has 0 rings (SSSR count). The lowest BCUT2D eigenvalue weighted by Gasteiger charge is -2.22. The van der Waals surface area contributed by atoms with Gasteiger partial charge in [0.25, 0.3) is 0 Å². The molecule has 0 aliphatic carbocycles. The summed E-state index contributed by atoms with van der Waals surface area (Å²) in [4.78, 5) is 24.6. The second-order valence-electron chi connectivity index (χ2n) is 24.2. The van der Waals surface area contributed by atoms with E-state index in [9.17, 15) is 19.8 Å². The van der Waals surface area contributed by atoms with Gasteiger partial charge in [0, 0.05) is 12.8 Å². The highest BCUT2D eigenvalue weighted by atomic mass is 16.5. The van der Waals surface area contributed by atoms with Crippen LogP contribution in [-0.2, 0) is 14.3 Å². The zero-order valence-corrected chi connectivity index (χ0v) is 52.2. The predicted octanol–water partition coefficient (Wildman–Crippen LogP) is 22.5. The number of aliphatic hydroxyl groups is 2. The average Bonchev–Trinajstić information content (AvgIpc) is 3.43. The Bertz CT molecular complexity index is 1200. The van der Waals surface area contributed by atoms with Gasteiger partial charge in [-0.3, -0.25) is 9.59 Å². The Morgan fingerprint density at radius 2 is 0.610 bits per heavy atom. The van der Waals surface area contributed by atoms with E-state index in [-0.39, 0.29) is 18.5 Å². The maximum Gasteiger partial charge on any atom is 0.305 e. The minimum absolute atomic E-state index is 0.0129. The number of hydrogen-bond donors (Lipinski definition) is 3. The van der Waals surface area contributed by atoms with Gasteiger partial charge in [-0.1, -0.05) is 327 Å². The number of nitrogens with one attached hydrogen (secondary N) is 1. The molecule has 3 N–H and O–H groups in total. The summed E-state index contributed by atoms with van der Waals surface area (Å²) in [5.74, 6) is -0.0202. The Morgan fingerprint density at radius 1 is 0.351 bits per heavy atom. The second kappa shape index (κ2) is 66.8. The summed E-state index contributed by atoms with van der Waals surface area (Å²) in [5.41, 5.74) is 0. The number of amides is 1. The summed E-state index contributed by atoms with van der Waals surface area (Å²) < 4.78 is 5.50. The highest BCUT2D eigenvalue weighted by Gasteiger charge is 2.20. The van der Waals surface area contributed by atoms with Gasteiger partial charge in [0.2, 0.25) is 5.91 Å². The number of carbonyl (C=O) groups is 2. The molecule has 2 unspecified atom stereocenters. The Hall–Kier alpha value is -1.66. The van der Waals surface area contributed by atoms with Crippen molar-refractivity contribution in [2.75, 3.05) is 13.2 Å². The Balaban J connectivity index is 3.36. The largest absolute Gasteiger partial charge is 0.466 e. The first-order valence-corrected chi connectivity index (χ1v) is 35.1. The fourth-order valence-electron chi connectivity index (χ4n) is 11.1. The van der Waals surface area contributed by atoms with Crippen LogP contribution in [-0.4, -0.2) is 47.4 Å². The lowest BCUT2D eigenvalue weighted by atomic mass is 10.0. The molecule has 456 valence electrons. The van der Waals surface area contributed by atoms with E-state index in [2.05, 4.69) is 43.5 Å². The van der Waals surface area contributed by atoms with Crippen molar-refractivity contribution in [3.8, 4) is 0 Å². The molecule has 0 bridgehead atoms. The van der Waals surface area contributed by atoms with E-state index in [0.717, 1.165) is 44.9 Å². The number of hydrogen-bond acceptors (Lipinski definition) is 5. The van der Waals surface area contributed by atoms with Gasteiger partial charge in [0.15, 0.2) is 0 Å². The monoisotopic (exact) mass is 1080 g/mol. The van der Waals surface area contributed by atoms with Gasteiger partial charge in [0.05, 0.1) is 25.4 Å². The number of unbranched alkanes of at least 4 members (excludes halogenated alkanes) is 51. The molecule has 6 nitrogen and oxygen atoms in total. The highest BCUT2D eigenvalue weighted by molar-refractivity contribution is 5.76. The minimum Gasteiger partial charge on any atom is -0.466 e. The Kier molecular flexibility index (Phi) is 65.4. The van der Waals surface area contributed by atoms with Crippen LogP contribution in [0.5, 0.6) is 0 Å². The van der Waals surface area contributed by atoms with Crippen molar-refractivity contribution >= 4 is 11.9 Å². The zero-order valence-electron chi connectivity index (χ0n) is 52.2. The third-order valence-electron chi connectivity index (χ3n) is 16.5. The van der Waals surface area contributed by atoms with Crippen molar-refractivity contribution in [1.29, 1.82) is 0 Å². The molecule has 0 aromatic carbocycles. The van der Waals surface area contributed by atoms with E-state index >= 15 is 0 Å². The zero-order chi connectivity index (χ0) is 55.7. The molecule has 0 aromatic rings. The van der Waals surface area contributed by atoms with Crippen LogP contribution in [0.3, 0.4) is 0 Å². The highest BCUT2D eigenvalue weighted by Crippen LogP contribution is 2.18. The minimum atomic E-state index is -0.664. The molecule has 0 spiro atoms. The van der Waals surface area contributed by atoms with Gasteiger partial charge < -0.3 is 20.3 Å². The third-order valence-corrected chi connectivity index (χ3v) is 16.5. The predicted molar refractivity (Wildman–Crippen MR) is 338 cm³/mol. The summed E-state index contributed by atoms with van der Waals surface area (Å²) in [5, 5.41) is 23.3. The Morgan fingerprint density at radius 3 is 0.922 bits per heavy atom. The van der Waals surface area contributed by atoms with Crippen LogP contribution in [0, 0.1) is 0 Å². The van der Waals surface area contributed by atoms with Gasteiger partial charge in [0.1, 0.15) is 0 Å². The van der Waals surface area contributed by atoms with Crippen molar-refractivity contribution in [3.05, 3.63) is 24.3 Å². The van der Waals surface area contributed by atoms with Crippen LogP contribution in [0.25, 0.3) is 0 Å². The first-order chi connectivity index (χ1) is 38.0. The first-order valence-electron chi connectivity index (χ1n) is 35.1. The molecule has 0 radical (unpaired) electrons. The number of ether oxygens (including phenoxy) is 1. The molecule has 0 fully saturated rings. The molecule has 0 aliphatic rings. The van der Waals surface area contributed by atoms with Gasteiger partial charge in [-0.25, -0.2) is 0 Å². The van der Waals surface area contributed by atoms with E-state index in [1.807, 2.05) is 0 Å². The maximum absolute atomic E-state index is 12.5. The third kappa shape index (κ3) is 63.4. The van der Waals surface area contributed by atoms with Crippen LogP contribution in [0.15, 0.2) is 24.3 Å². The van der Waals surface area contributed by atoms with Crippen LogP contribution in [0.2, 0.25) is 0 Å². The lowest BCUT2D eigenvalue weighted by Crippen LogP contribution is -2.45. The van der Waals surface area contributed by atoms with E-state index in [0.29, 0.717) is 25.9 Å². The molecule has 0 aromatic heterocycles. The number of aliphatic hydroxyl groups excluding tert-OH is 2. The van der Waals surface area contributed by atoms with Gasteiger partial charge in [-0.05, 0) is 77.0 Å². The smallest absolute Gasteiger partial charge is 0.305 e. The number of esters is 1. The lowest BCUT2D eigenvalue weighted by molar-refractivity contribution is -0.143. The summed E-state index contributed by atoms with van der Waals surface area (Å²) in [6, 6.07) is -0.542. The standard InChI is InChI=1S/C71H137NO5/c1-3-5-7-9-11-13-15-17-19-20-33-37-41-45-49-53-57-61-65-71(76)77-66-62-58-54-50-46-42-38-34-31-29-27-25-23-21-22-24-26-28-30-32-36-40-44-48-52-56-60-64-70(75)72-68(67-73)69(74)63-59-55-51-47-43-39-35-18-16-14-12-10-8-6-4-2/h19-22,68-69,73-74H,3-18,23-67H2,1-2H3,(H,72,75)/b20-19-,22-21-. The molecule has 77 heavy (non-hydrogen) atoms. The van der Waals surface area contributed by atoms with Gasteiger partial charge in [-0.2, -0.15) is 0 Å². The average molecular weight is 1080 g/mol. The summed E-state index contributed by atoms with van der Waals surface area (Å²) in [6.07, 6.45) is 83.6. The van der Waals surface area contributed by atoms with Crippen molar-refractivity contribution in [1.82, 2.24) is 5.32 Å². The normalized spacial score (nSPS) is 12.6. The van der Waals surface area contributed by atoms with Crippen molar-refractivity contribution in [3.63, 3.8) is 0 Å². The first kappa shape index (κ1) is 75.3. The second-order valence-corrected chi connectivity index (χ2v) is 24.2. The van der Waals surface area contributed by atoms with Crippen molar-refractivity contribution in [2.24, 2.45) is 0 Å². The van der Waals surface area contributed by atoms with Gasteiger partial charge >= 0.3 is 5.97 Å². The molecule has 1 amide bonds. The molecular formula is C71H137NO5. The Labute approximate surface area is 481 Å². The molecular weight excluding hydrogens is 947 g/mol. The number of allylic oxidation sites excluding steroid dienone is 4. The van der Waals surface area contributed by atoms with Crippen LogP contribution < -0.4 is 5.32 Å². The van der Waals surface area contributed by atoms with E-state index in [1.54, 1.807) is 0 Å². The van der Waals surface area contributed by atoms with Crippen LogP contribution in [0.4, 0.5) is 0 Å². The van der Waals surface area contributed by atoms with Crippen LogP contribution >= 0.6 is 0 Å². The fraction of sp³-hybridized carbons (Fsp3) is 0.915. The number of carbonyl (C=O) groups excluding carboxylic acids is 2.